The predicted octanol–water partition coefficient (Wildman–Crippen LogP) is 4.83. The zero-order chi connectivity index (χ0) is 19.7. The fraction of sp³-hybridized carbons (Fsp3) is 0.211. The van der Waals surface area contributed by atoms with Crippen molar-refractivity contribution in [3.63, 3.8) is 0 Å². The largest absolute Gasteiger partial charge is 0.497 e. The molecule has 0 bridgehead atoms. The summed E-state index contributed by atoms with van der Waals surface area (Å²) in [4.78, 5) is 21.7. The number of nitrogens with zero attached hydrogens (tertiary/aromatic N) is 2. The van der Waals surface area contributed by atoms with Gasteiger partial charge in [-0.3, -0.25) is 4.79 Å². The summed E-state index contributed by atoms with van der Waals surface area (Å²) >= 11 is 4.75. The van der Waals surface area contributed by atoms with E-state index in [9.17, 15) is 4.79 Å². The third-order valence-electron chi connectivity index (χ3n) is 4.16. The molecule has 0 spiro atoms. The van der Waals surface area contributed by atoms with Crippen LogP contribution in [-0.4, -0.2) is 36.4 Å². The molecule has 1 amide bonds. The molecule has 0 fully saturated rings. The number of hydrogen-bond acceptors (Lipinski definition) is 8. The maximum absolute atomic E-state index is 12.6. The Bertz CT molecular complexity index is 1170. The van der Waals surface area contributed by atoms with Crippen LogP contribution >= 0.6 is 34.4 Å². The molecule has 2 heterocycles. The average molecular weight is 432 g/mol. The summed E-state index contributed by atoms with van der Waals surface area (Å²) in [6.07, 6.45) is 2.20. The van der Waals surface area contributed by atoms with Crippen LogP contribution in [0.1, 0.15) is 5.56 Å². The summed E-state index contributed by atoms with van der Waals surface area (Å²) in [7, 11) is 3.17. The number of anilines is 1. The van der Waals surface area contributed by atoms with E-state index < -0.39 is 0 Å². The molecule has 0 aliphatic carbocycles. The second-order valence-corrected chi connectivity index (χ2v) is 8.92. The van der Waals surface area contributed by atoms with Crippen molar-refractivity contribution in [2.75, 3.05) is 25.8 Å². The zero-order valence-corrected chi connectivity index (χ0v) is 17.9. The molecular formula is C19H17N3O3S3. The Kier molecular flexibility index (Phi) is 5.38. The smallest absolute Gasteiger partial charge is 0.230 e. The first-order chi connectivity index (χ1) is 13.6. The Labute approximate surface area is 173 Å². The van der Waals surface area contributed by atoms with Crippen molar-refractivity contribution in [2.24, 2.45) is 0 Å². The Morgan fingerprint density at radius 1 is 1.07 bits per heavy atom. The van der Waals surface area contributed by atoms with Gasteiger partial charge in [0.2, 0.25) is 5.91 Å². The minimum atomic E-state index is -0.145. The highest BCUT2D eigenvalue weighted by atomic mass is 32.2. The van der Waals surface area contributed by atoms with Crippen molar-refractivity contribution in [3.05, 3.63) is 35.9 Å². The maximum Gasteiger partial charge on any atom is 0.230 e. The molecule has 0 saturated carbocycles. The SMILES string of the molecule is COc1ccc(CC(=O)Nc2nc3ccc4nc(SC)sc4c3s2)c(OC)c1. The van der Waals surface area contributed by atoms with Crippen molar-refractivity contribution < 1.29 is 14.3 Å². The van der Waals surface area contributed by atoms with Crippen LogP contribution in [-0.2, 0) is 11.2 Å². The lowest BCUT2D eigenvalue weighted by Crippen LogP contribution is -2.14. The van der Waals surface area contributed by atoms with Crippen LogP contribution in [0.5, 0.6) is 11.5 Å². The van der Waals surface area contributed by atoms with E-state index in [0.717, 1.165) is 30.3 Å². The van der Waals surface area contributed by atoms with Gasteiger partial charge in [0.15, 0.2) is 9.47 Å². The normalized spacial score (nSPS) is 11.1. The van der Waals surface area contributed by atoms with E-state index in [1.54, 1.807) is 43.4 Å². The van der Waals surface area contributed by atoms with Gasteiger partial charge >= 0.3 is 0 Å². The van der Waals surface area contributed by atoms with Gasteiger partial charge in [-0.1, -0.05) is 29.2 Å². The molecule has 4 aromatic rings. The van der Waals surface area contributed by atoms with Gasteiger partial charge in [0.05, 0.1) is 41.1 Å². The van der Waals surface area contributed by atoms with E-state index >= 15 is 0 Å². The van der Waals surface area contributed by atoms with Crippen LogP contribution < -0.4 is 14.8 Å². The van der Waals surface area contributed by atoms with E-state index in [0.29, 0.717) is 16.6 Å². The van der Waals surface area contributed by atoms with Crippen molar-refractivity contribution in [1.29, 1.82) is 0 Å². The minimum Gasteiger partial charge on any atom is -0.497 e. The third-order valence-corrected chi connectivity index (χ3v) is 7.37. The Morgan fingerprint density at radius 3 is 2.54 bits per heavy atom. The van der Waals surface area contributed by atoms with Gasteiger partial charge < -0.3 is 14.8 Å². The predicted molar refractivity (Wildman–Crippen MR) is 116 cm³/mol. The summed E-state index contributed by atoms with van der Waals surface area (Å²) in [6.45, 7) is 0. The number of carbonyl (C=O) groups is 1. The van der Waals surface area contributed by atoms with Crippen LogP contribution in [0.4, 0.5) is 5.13 Å². The number of nitrogens with one attached hydrogen (secondary N) is 1. The highest BCUT2D eigenvalue weighted by Crippen LogP contribution is 2.38. The number of hydrogen-bond donors (Lipinski definition) is 1. The van der Waals surface area contributed by atoms with E-state index in [4.69, 9.17) is 9.47 Å². The maximum atomic E-state index is 12.6. The summed E-state index contributed by atoms with van der Waals surface area (Å²) in [6, 6.07) is 9.33. The number of thioether (sulfide) groups is 1. The zero-order valence-electron chi connectivity index (χ0n) is 15.4. The van der Waals surface area contributed by atoms with Gasteiger partial charge in [0, 0.05) is 11.6 Å². The van der Waals surface area contributed by atoms with E-state index in [1.807, 2.05) is 30.5 Å². The van der Waals surface area contributed by atoms with E-state index in [2.05, 4.69) is 15.3 Å². The molecule has 0 unspecified atom stereocenters. The van der Waals surface area contributed by atoms with Crippen molar-refractivity contribution >= 4 is 65.9 Å². The van der Waals surface area contributed by atoms with Crippen LogP contribution in [0.2, 0.25) is 0 Å². The summed E-state index contributed by atoms with van der Waals surface area (Å²) in [5, 5.41) is 3.49. The van der Waals surface area contributed by atoms with Gasteiger partial charge in [-0.25, -0.2) is 9.97 Å². The minimum absolute atomic E-state index is 0.145. The van der Waals surface area contributed by atoms with Crippen molar-refractivity contribution in [3.8, 4) is 11.5 Å². The quantitative estimate of drug-likeness (QED) is 0.441. The molecule has 0 atom stereocenters. The van der Waals surface area contributed by atoms with Gasteiger partial charge in [0.1, 0.15) is 11.5 Å². The number of methoxy groups -OCH3 is 2. The summed E-state index contributed by atoms with van der Waals surface area (Å²) < 4.78 is 13.7. The number of aromatic nitrogens is 2. The van der Waals surface area contributed by atoms with Gasteiger partial charge in [-0.2, -0.15) is 0 Å². The number of thiazole rings is 2. The fourth-order valence-electron chi connectivity index (χ4n) is 2.83. The van der Waals surface area contributed by atoms with Gasteiger partial charge in [-0.15, -0.1) is 11.3 Å². The molecule has 28 heavy (non-hydrogen) atoms. The lowest BCUT2D eigenvalue weighted by atomic mass is 10.1. The Morgan fingerprint density at radius 2 is 1.82 bits per heavy atom. The topological polar surface area (TPSA) is 73.3 Å². The number of amides is 1. The number of rotatable bonds is 6. The molecule has 0 radical (unpaired) electrons. The number of fused-ring (bicyclic) bond motifs is 3. The first-order valence-electron chi connectivity index (χ1n) is 8.36. The number of ether oxygens (including phenoxy) is 2. The lowest BCUT2D eigenvalue weighted by molar-refractivity contribution is -0.115. The Hall–Kier alpha value is -2.36. The standard InChI is InChI=1S/C19H17N3O3S3/c1-24-11-5-4-10(14(9-11)25-2)8-15(23)22-18-20-12-6-7-13-17(16(12)27-18)28-19(21-13)26-3/h4-7,9H,8H2,1-3H3,(H,20,22,23). The molecule has 6 nitrogen and oxygen atoms in total. The van der Waals surface area contributed by atoms with Gasteiger partial charge in [0.25, 0.3) is 0 Å². The van der Waals surface area contributed by atoms with E-state index in [-0.39, 0.29) is 12.3 Å². The second kappa shape index (κ2) is 7.94. The second-order valence-electron chi connectivity index (χ2n) is 5.87. The monoisotopic (exact) mass is 431 g/mol. The summed E-state index contributed by atoms with van der Waals surface area (Å²) in [5.74, 6) is 1.16. The van der Waals surface area contributed by atoms with Crippen LogP contribution in [0.25, 0.3) is 20.4 Å². The van der Waals surface area contributed by atoms with Crippen LogP contribution in [0.3, 0.4) is 0 Å². The highest BCUT2D eigenvalue weighted by molar-refractivity contribution is 8.00. The molecule has 0 aliphatic heterocycles. The molecule has 2 aromatic carbocycles. The molecule has 9 heteroatoms. The lowest BCUT2D eigenvalue weighted by Gasteiger charge is -2.10. The molecule has 1 N–H and O–H groups in total. The first kappa shape index (κ1) is 19.0. The Balaban J connectivity index is 1.57. The third kappa shape index (κ3) is 3.65. The molecule has 2 aromatic heterocycles. The van der Waals surface area contributed by atoms with Gasteiger partial charge in [-0.05, 0) is 24.5 Å². The molecule has 144 valence electrons. The van der Waals surface area contributed by atoms with Crippen molar-refractivity contribution in [2.45, 2.75) is 10.8 Å². The average Bonchev–Trinajstić information content (AvgIpc) is 3.30. The highest BCUT2D eigenvalue weighted by Gasteiger charge is 2.15. The molecule has 0 aliphatic rings. The summed E-state index contributed by atoms with van der Waals surface area (Å²) in [5.41, 5.74) is 2.62. The first-order valence-corrected chi connectivity index (χ1v) is 11.2. The molecule has 4 rings (SSSR count). The number of carbonyl (C=O) groups excluding carboxylic acids is 1. The van der Waals surface area contributed by atoms with E-state index in [1.165, 1.54) is 11.3 Å². The molecular weight excluding hydrogens is 414 g/mol. The van der Waals surface area contributed by atoms with Crippen LogP contribution in [0, 0.1) is 0 Å². The van der Waals surface area contributed by atoms with Crippen molar-refractivity contribution in [1.82, 2.24) is 9.97 Å². The molecule has 0 saturated heterocycles. The number of benzene rings is 2. The van der Waals surface area contributed by atoms with Crippen LogP contribution in [0.15, 0.2) is 34.7 Å². The fourth-order valence-corrected chi connectivity index (χ4v) is 5.50.